The number of carboxylic acids is 1. The van der Waals surface area contributed by atoms with Gasteiger partial charge in [-0.05, 0) is 24.3 Å². The monoisotopic (exact) mass is 262 g/mol. The zero-order valence-electron chi connectivity index (χ0n) is 10.9. The van der Waals surface area contributed by atoms with E-state index >= 15 is 0 Å². The van der Waals surface area contributed by atoms with E-state index < -0.39 is 5.97 Å². The van der Waals surface area contributed by atoms with Gasteiger partial charge in [-0.2, -0.15) is 5.10 Å². The van der Waals surface area contributed by atoms with E-state index in [2.05, 4.69) is 5.10 Å². The third-order valence-electron chi connectivity index (χ3n) is 2.78. The fourth-order valence-electron chi connectivity index (χ4n) is 1.80. The Morgan fingerprint density at radius 3 is 2.42 bits per heavy atom. The molecule has 0 spiro atoms. The zero-order valence-corrected chi connectivity index (χ0v) is 10.9. The predicted octanol–water partition coefficient (Wildman–Crippen LogP) is 1.80. The number of nitrogens with zero attached hydrogens (tertiary/aromatic N) is 2. The lowest BCUT2D eigenvalue weighted by atomic mass is 10.1. The van der Waals surface area contributed by atoms with Crippen LogP contribution in [0.3, 0.4) is 0 Å². The van der Waals surface area contributed by atoms with E-state index in [1.165, 1.54) is 10.7 Å². The fourth-order valence-corrected chi connectivity index (χ4v) is 1.80. The Labute approximate surface area is 110 Å². The number of aromatic carboxylic acids is 1. The lowest BCUT2D eigenvalue weighted by Crippen LogP contribution is -2.04. The van der Waals surface area contributed by atoms with Gasteiger partial charge in [-0.25, -0.2) is 4.79 Å². The second-order valence-electron chi connectivity index (χ2n) is 3.91. The van der Waals surface area contributed by atoms with Crippen LogP contribution in [0, 0.1) is 0 Å². The summed E-state index contributed by atoms with van der Waals surface area (Å²) < 4.78 is 11.7. The number of methoxy groups -OCH3 is 2. The molecule has 0 unspecified atom stereocenters. The molecular weight excluding hydrogens is 248 g/mol. The van der Waals surface area contributed by atoms with E-state index in [-0.39, 0.29) is 5.69 Å². The van der Waals surface area contributed by atoms with Gasteiger partial charge in [-0.1, -0.05) is 0 Å². The van der Waals surface area contributed by atoms with Gasteiger partial charge in [0.2, 0.25) is 0 Å². The van der Waals surface area contributed by atoms with Crippen molar-refractivity contribution in [3.8, 4) is 22.8 Å². The molecule has 0 aliphatic rings. The number of carbonyl (C=O) groups is 1. The summed E-state index contributed by atoms with van der Waals surface area (Å²) >= 11 is 0. The molecule has 0 fully saturated rings. The molecule has 2 aromatic rings. The predicted molar refractivity (Wildman–Crippen MR) is 68.7 cm³/mol. The van der Waals surface area contributed by atoms with Crippen LogP contribution in [0.5, 0.6) is 11.5 Å². The van der Waals surface area contributed by atoms with Gasteiger partial charge in [0.15, 0.2) is 11.5 Å². The van der Waals surface area contributed by atoms with Gasteiger partial charge < -0.3 is 14.6 Å². The van der Waals surface area contributed by atoms with E-state index in [1.54, 1.807) is 39.5 Å². The second-order valence-corrected chi connectivity index (χ2v) is 3.91. The summed E-state index contributed by atoms with van der Waals surface area (Å²) in [6.45, 7) is 0. The van der Waals surface area contributed by atoms with Gasteiger partial charge in [0.25, 0.3) is 0 Å². The molecule has 6 nitrogen and oxygen atoms in total. The summed E-state index contributed by atoms with van der Waals surface area (Å²) in [4.78, 5) is 11.0. The molecule has 1 heterocycles. The van der Waals surface area contributed by atoms with E-state index in [4.69, 9.17) is 14.6 Å². The number of aromatic nitrogens is 2. The summed E-state index contributed by atoms with van der Waals surface area (Å²) in [5.41, 5.74) is 1.46. The minimum absolute atomic E-state index is 0.129. The number of hydrogen-bond donors (Lipinski definition) is 1. The van der Waals surface area contributed by atoms with E-state index in [0.717, 1.165) is 5.56 Å². The summed E-state index contributed by atoms with van der Waals surface area (Å²) in [5.74, 6) is 0.171. The van der Waals surface area contributed by atoms with Crippen molar-refractivity contribution in [1.82, 2.24) is 9.78 Å². The molecule has 0 aliphatic heterocycles. The molecule has 6 heteroatoms. The Morgan fingerprint density at radius 1 is 1.21 bits per heavy atom. The zero-order chi connectivity index (χ0) is 14.0. The Bertz CT molecular complexity index is 619. The lowest BCUT2D eigenvalue weighted by molar-refractivity contribution is 0.0685. The Balaban J connectivity index is 2.47. The molecule has 0 amide bonds. The molecule has 0 aliphatic carbocycles. The van der Waals surface area contributed by atoms with Crippen molar-refractivity contribution in [2.75, 3.05) is 14.2 Å². The maximum Gasteiger partial charge on any atom is 0.354 e. The van der Waals surface area contributed by atoms with Gasteiger partial charge in [-0.3, -0.25) is 4.68 Å². The first-order valence-corrected chi connectivity index (χ1v) is 5.56. The highest BCUT2D eigenvalue weighted by molar-refractivity contribution is 5.87. The largest absolute Gasteiger partial charge is 0.493 e. The number of hydrogen-bond acceptors (Lipinski definition) is 4. The van der Waals surface area contributed by atoms with Gasteiger partial charge in [-0.15, -0.1) is 0 Å². The first-order chi connectivity index (χ1) is 9.06. The summed E-state index contributed by atoms with van der Waals surface area (Å²) in [5, 5.41) is 13.2. The average Bonchev–Trinajstić information content (AvgIpc) is 2.80. The maximum atomic E-state index is 11.0. The topological polar surface area (TPSA) is 73.6 Å². The fraction of sp³-hybridized carbons (Fsp3) is 0.231. The van der Waals surface area contributed by atoms with E-state index in [0.29, 0.717) is 17.2 Å². The van der Waals surface area contributed by atoms with Crippen molar-refractivity contribution in [1.29, 1.82) is 0 Å². The SMILES string of the molecule is COc1ccc(-c2cc(C(=O)O)n(C)n2)cc1OC. The van der Waals surface area contributed by atoms with Crippen molar-refractivity contribution >= 4 is 5.97 Å². The minimum atomic E-state index is -1.01. The van der Waals surface area contributed by atoms with Crippen LogP contribution < -0.4 is 9.47 Å². The molecule has 2 rings (SSSR count). The molecule has 0 saturated heterocycles. The van der Waals surface area contributed by atoms with Crippen LogP contribution in [0.15, 0.2) is 24.3 Å². The normalized spacial score (nSPS) is 10.3. The first kappa shape index (κ1) is 12.9. The second kappa shape index (κ2) is 5.01. The maximum absolute atomic E-state index is 11.0. The third kappa shape index (κ3) is 2.37. The number of benzene rings is 1. The molecule has 1 aromatic carbocycles. The van der Waals surface area contributed by atoms with E-state index in [1.807, 2.05) is 0 Å². The van der Waals surface area contributed by atoms with Crippen LogP contribution >= 0.6 is 0 Å². The highest BCUT2D eigenvalue weighted by atomic mass is 16.5. The molecule has 0 radical (unpaired) electrons. The van der Waals surface area contributed by atoms with Crippen molar-refractivity contribution in [2.45, 2.75) is 0 Å². The van der Waals surface area contributed by atoms with Crippen LogP contribution in [0.2, 0.25) is 0 Å². The van der Waals surface area contributed by atoms with Crippen LogP contribution in [-0.4, -0.2) is 35.1 Å². The molecule has 1 N–H and O–H groups in total. The summed E-state index contributed by atoms with van der Waals surface area (Å²) in [6, 6.07) is 6.83. The van der Waals surface area contributed by atoms with Gasteiger partial charge in [0, 0.05) is 12.6 Å². The quantitative estimate of drug-likeness (QED) is 0.909. The van der Waals surface area contributed by atoms with Crippen molar-refractivity contribution in [2.24, 2.45) is 7.05 Å². The number of aryl methyl sites for hydroxylation is 1. The smallest absolute Gasteiger partial charge is 0.354 e. The Morgan fingerprint density at radius 2 is 1.89 bits per heavy atom. The number of ether oxygens (including phenoxy) is 2. The van der Waals surface area contributed by atoms with Crippen LogP contribution in [0.1, 0.15) is 10.5 Å². The standard InChI is InChI=1S/C13H14N2O4/c1-15-10(13(16)17)7-9(14-15)8-4-5-11(18-2)12(6-8)19-3/h4-7H,1-3H3,(H,16,17). The van der Waals surface area contributed by atoms with Gasteiger partial charge >= 0.3 is 5.97 Å². The molecular formula is C13H14N2O4. The highest BCUT2D eigenvalue weighted by Crippen LogP contribution is 2.31. The Hall–Kier alpha value is -2.50. The molecule has 0 atom stereocenters. The summed E-state index contributed by atoms with van der Waals surface area (Å²) in [7, 11) is 4.69. The molecule has 1 aromatic heterocycles. The summed E-state index contributed by atoms with van der Waals surface area (Å²) in [6.07, 6.45) is 0. The molecule has 100 valence electrons. The van der Waals surface area contributed by atoms with Crippen LogP contribution in [0.25, 0.3) is 11.3 Å². The average molecular weight is 262 g/mol. The van der Waals surface area contributed by atoms with E-state index in [9.17, 15) is 4.79 Å². The van der Waals surface area contributed by atoms with Crippen LogP contribution in [-0.2, 0) is 7.05 Å². The molecule has 0 bridgehead atoms. The highest BCUT2D eigenvalue weighted by Gasteiger charge is 2.14. The van der Waals surface area contributed by atoms with Crippen molar-refractivity contribution < 1.29 is 19.4 Å². The third-order valence-corrected chi connectivity index (χ3v) is 2.78. The first-order valence-electron chi connectivity index (χ1n) is 5.56. The minimum Gasteiger partial charge on any atom is -0.493 e. The van der Waals surface area contributed by atoms with Crippen molar-refractivity contribution in [3.05, 3.63) is 30.0 Å². The van der Waals surface area contributed by atoms with Crippen molar-refractivity contribution in [3.63, 3.8) is 0 Å². The molecule has 19 heavy (non-hydrogen) atoms. The van der Waals surface area contributed by atoms with Gasteiger partial charge in [0.05, 0.1) is 19.9 Å². The van der Waals surface area contributed by atoms with Gasteiger partial charge in [0.1, 0.15) is 5.69 Å². The Kier molecular flexibility index (Phi) is 3.41. The molecule has 0 saturated carbocycles. The van der Waals surface area contributed by atoms with Crippen LogP contribution in [0.4, 0.5) is 0 Å². The number of rotatable bonds is 4. The number of carboxylic acid groups (broad SMARTS) is 1. The lowest BCUT2D eigenvalue weighted by Gasteiger charge is -2.08.